The summed E-state index contributed by atoms with van der Waals surface area (Å²) >= 11 is 0. The van der Waals surface area contributed by atoms with Crippen LogP contribution in [0.15, 0.2) is 0 Å². The third-order valence-electron chi connectivity index (χ3n) is 4.67. The number of aliphatic hydroxyl groups excluding tert-OH is 1. The van der Waals surface area contributed by atoms with Crippen molar-refractivity contribution in [1.29, 1.82) is 0 Å². The number of aliphatic hydroxyl groups is 1. The fourth-order valence-electron chi connectivity index (χ4n) is 3.16. The van der Waals surface area contributed by atoms with Crippen LogP contribution in [0.25, 0.3) is 0 Å². The van der Waals surface area contributed by atoms with Crippen molar-refractivity contribution in [3.63, 3.8) is 0 Å². The van der Waals surface area contributed by atoms with Crippen LogP contribution < -0.4 is 5.32 Å². The average molecular weight is 386 g/mol. The molecule has 2 N–H and O–H groups in total. The molecule has 8 nitrogen and oxygen atoms in total. The van der Waals surface area contributed by atoms with Crippen molar-refractivity contribution in [2.45, 2.75) is 71.6 Å². The van der Waals surface area contributed by atoms with Gasteiger partial charge in [0.25, 0.3) is 0 Å². The molecular weight excluding hydrogens is 352 g/mol. The number of methoxy groups -OCH3 is 1. The van der Waals surface area contributed by atoms with Crippen LogP contribution in [0.3, 0.4) is 0 Å². The first-order chi connectivity index (χ1) is 12.5. The van der Waals surface area contributed by atoms with Crippen LogP contribution in [-0.2, 0) is 19.1 Å². The molecule has 8 heteroatoms. The molecule has 2 amide bonds. The van der Waals surface area contributed by atoms with E-state index in [0.29, 0.717) is 25.3 Å². The number of carbonyl (C=O) groups excluding carboxylic acids is 3. The molecule has 0 saturated carbocycles. The van der Waals surface area contributed by atoms with Crippen LogP contribution >= 0.6 is 0 Å². The third kappa shape index (κ3) is 7.01. The molecule has 1 heterocycles. The first-order valence-electron chi connectivity index (χ1n) is 9.48. The Morgan fingerprint density at radius 2 is 1.89 bits per heavy atom. The van der Waals surface area contributed by atoms with Crippen LogP contribution in [-0.4, -0.2) is 65.9 Å². The average Bonchev–Trinajstić information content (AvgIpc) is 3.01. The molecule has 0 aliphatic carbocycles. The second kappa shape index (κ2) is 9.92. The van der Waals surface area contributed by atoms with Crippen LogP contribution in [0.2, 0.25) is 0 Å². The quantitative estimate of drug-likeness (QED) is 0.645. The van der Waals surface area contributed by atoms with Gasteiger partial charge in [0, 0.05) is 13.2 Å². The molecule has 1 rings (SSSR count). The van der Waals surface area contributed by atoms with Gasteiger partial charge in [0.2, 0.25) is 5.91 Å². The van der Waals surface area contributed by atoms with Gasteiger partial charge in [-0.2, -0.15) is 0 Å². The van der Waals surface area contributed by atoms with Crippen LogP contribution in [0.4, 0.5) is 4.79 Å². The van der Waals surface area contributed by atoms with Crippen molar-refractivity contribution < 1.29 is 29.0 Å². The first-order valence-corrected chi connectivity index (χ1v) is 9.48. The molecule has 1 saturated heterocycles. The zero-order valence-corrected chi connectivity index (χ0v) is 17.3. The summed E-state index contributed by atoms with van der Waals surface area (Å²) in [4.78, 5) is 38.9. The molecular formula is C19H34N2O6. The van der Waals surface area contributed by atoms with Gasteiger partial charge in [0.1, 0.15) is 17.7 Å². The standard InChI is InChI=1S/C19H34N2O6/c1-12(2)13-10-15(17(24)26-6)21(11-13)16(23)14(8-7-9-22)20-18(25)27-19(3,4)5/h12-15,22H,7-11H2,1-6H3,(H,20,25)/t13?,14-,15-/m0/s1. The minimum Gasteiger partial charge on any atom is -0.467 e. The molecule has 156 valence electrons. The molecule has 3 atom stereocenters. The molecule has 1 aliphatic rings. The van der Waals surface area contributed by atoms with E-state index in [1.165, 1.54) is 12.0 Å². The van der Waals surface area contributed by atoms with E-state index in [4.69, 9.17) is 14.6 Å². The van der Waals surface area contributed by atoms with E-state index in [2.05, 4.69) is 19.2 Å². The highest BCUT2D eigenvalue weighted by atomic mass is 16.6. The Kier molecular flexibility index (Phi) is 8.53. The molecule has 1 aliphatic heterocycles. The predicted molar refractivity (Wildman–Crippen MR) is 99.9 cm³/mol. The summed E-state index contributed by atoms with van der Waals surface area (Å²) in [7, 11) is 1.30. The van der Waals surface area contributed by atoms with E-state index < -0.39 is 29.7 Å². The fraction of sp³-hybridized carbons (Fsp3) is 0.842. The van der Waals surface area contributed by atoms with E-state index in [-0.39, 0.29) is 24.9 Å². The van der Waals surface area contributed by atoms with Gasteiger partial charge in [-0.25, -0.2) is 9.59 Å². The van der Waals surface area contributed by atoms with Crippen LogP contribution in [0, 0.1) is 11.8 Å². The Labute approximate surface area is 161 Å². The minimum absolute atomic E-state index is 0.102. The Morgan fingerprint density at radius 1 is 1.26 bits per heavy atom. The highest BCUT2D eigenvalue weighted by molar-refractivity contribution is 5.90. The van der Waals surface area contributed by atoms with Crippen LogP contribution in [0.5, 0.6) is 0 Å². The van der Waals surface area contributed by atoms with Crippen LogP contribution in [0.1, 0.15) is 53.9 Å². The third-order valence-corrected chi connectivity index (χ3v) is 4.67. The van der Waals surface area contributed by atoms with Gasteiger partial charge < -0.3 is 24.8 Å². The number of nitrogens with one attached hydrogen (secondary N) is 1. The van der Waals surface area contributed by atoms with Crippen molar-refractivity contribution >= 4 is 18.0 Å². The van der Waals surface area contributed by atoms with Crippen molar-refractivity contribution in [3.05, 3.63) is 0 Å². The zero-order valence-electron chi connectivity index (χ0n) is 17.3. The smallest absolute Gasteiger partial charge is 0.408 e. The van der Waals surface area contributed by atoms with Crippen molar-refractivity contribution in [1.82, 2.24) is 10.2 Å². The Balaban J connectivity index is 2.96. The lowest BCUT2D eigenvalue weighted by Crippen LogP contribution is -2.52. The van der Waals surface area contributed by atoms with Gasteiger partial charge in [-0.15, -0.1) is 0 Å². The van der Waals surface area contributed by atoms with E-state index in [1.54, 1.807) is 20.8 Å². The number of hydrogen-bond acceptors (Lipinski definition) is 6. The lowest BCUT2D eigenvalue weighted by atomic mass is 9.93. The second-order valence-corrected chi connectivity index (χ2v) is 8.33. The summed E-state index contributed by atoms with van der Waals surface area (Å²) < 4.78 is 10.1. The molecule has 0 aromatic heterocycles. The molecule has 0 aromatic rings. The van der Waals surface area contributed by atoms with Crippen molar-refractivity contribution in [2.75, 3.05) is 20.3 Å². The van der Waals surface area contributed by atoms with Gasteiger partial charge in [0.15, 0.2) is 0 Å². The SMILES string of the molecule is COC(=O)[C@@H]1CC(C(C)C)CN1C(=O)[C@H](CCCO)NC(=O)OC(C)(C)C. The maximum atomic E-state index is 13.1. The van der Waals surface area contributed by atoms with Gasteiger partial charge >= 0.3 is 12.1 Å². The van der Waals surface area contributed by atoms with E-state index >= 15 is 0 Å². The van der Waals surface area contributed by atoms with E-state index in [0.717, 1.165) is 0 Å². The number of likely N-dealkylation sites (tertiary alicyclic amines) is 1. The normalized spacial score (nSPS) is 21.1. The Bertz CT molecular complexity index is 529. The Hall–Kier alpha value is -1.83. The van der Waals surface area contributed by atoms with Gasteiger partial charge in [0.05, 0.1) is 7.11 Å². The maximum Gasteiger partial charge on any atom is 0.408 e. The first kappa shape index (κ1) is 23.2. The zero-order chi connectivity index (χ0) is 20.8. The van der Waals surface area contributed by atoms with E-state index in [1.807, 2.05) is 0 Å². The lowest BCUT2D eigenvalue weighted by Gasteiger charge is -2.29. The number of carbonyl (C=O) groups is 3. The minimum atomic E-state index is -0.870. The number of ether oxygens (including phenoxy) is 2. The van der Waals surface area contributed by atoms with Gasteiger partial charge in [-0.05, 0) is 51.9 Å². The molecule has 0 radical (unpaired) electrons. The molecule has 0 aromatic carbocycles. The molecule has 0 spiro atoms. The fourth-order valence-corrected chi connectivity index (χ4v) is 3.16. The van der Waals surface area contributed by atoms with E-state index in [9.17, 15) is 14.4 Å². The molecule has 0 bridgehead atoms. The number of rotatable bonds is 7. The molecule has 1 unspecified atom stereocenters. The largest absolute Gasteiger partial charge is 0.467 e. The summed E-state index contributed by atoms with van der Waals surface area (Å²) in [5.41, 5.74) is -0.695. The van der Waals surface area contributed by atoms with Gasteiger partial charge in [-0.1, -0.05) is 13.8 Å². The Morgan fingerprint density at radius 3 is 2.37 bits per heavy atom. The molecule has 27 heavy (non-hydrogen) atoms. The number of hydrogen-bond donors (Lipinski definition) is 2. The topological polar surface area (TPSA) is 105 Å². The maximum absolute atomic E-state index is 13.1. The summed E-state index contributed by atoms with van der Waals surface area (Å²) in [6.45, 7) is 9.63. The van der Waals surface area contributed by atoms with Crippen molar-refractivity contribution in [2.24, 2.45) is 11.8 Å². The predicted octanol–water partition coefficient (Wildman–Crippen LogP) is 1.70. The summed E-state index contributed by atoms with van der Waals surface area (Å²) in [6.07, 6.45) is 0.435. The molecule has 1 fully saturated rings. The number of alkyl carbamates (subject to hydrolysis) is 1. The van der Waals surface area contributed by atoms with Crippen molar-refractivity contribution in [3.8, 4) is 0 Å². The second-order valence-electron chi connectivity index (χ2n) is 8.33. The lowest BCUT2D eigenvalue weighted by molar-refractivity contribution is -0.151. The number of nitrogens with zero attached hydrogens (tertiary/aromatic N) is 1. The highest BCUT2D eigenvalue weighted by Crippen LogP contribution is 2.30. The highest BCUT2D eigenvalue weighted by Gasteiger charge is 2.43. The monoisotopic (exact) mass is 386 g/mol. The summed E-state index contributed by atoms with van der Waals surface area (Å²) in [5, 5.41) is 11.7. The number of esters is 1. The number of amides is 2. The summed E-state index contributed by atoms with van der Waals surface area (Å²) in [6, 6.07) is -1.53. The van der Waals surface area contributed by atoms with Gasteiger partial charge in [-0.3, -0.25) is 4.79 Å². The summed E-state index contributed by atoms with van der Waals surface area (Å²) in [5.74, 6) is -0.319.